The summed E-state index contributed by atoms with van der Waals surface area (Å²) >= 11 is 0. The first-order chi connectivity index (χ1) is 18.0. The van der Waals surface area contributed by atoms with E-state index in [0.717, 1.165) is 28.7 Å². The summed E-state index contributed by atoms with van der Waals surface area (Å²) in [4.78, 5) is 24.9. The van der Waals surface area contributed by atoms with Crippen LogP contribution in [0, 0.1) is 5.92 Å². The third-order valence-corrected chi connectivity index (χ3v) is 8.68. The predicted octanol–water partition coefficient (Wildman–Crippen LogP) is 4.46. The molecule has 9 heteroatoms. The number of carbonyl (C=O) groups excluding carboxylic acids is 1. The molecule has 8 nitrogen and oxygen atoms in total. The highest BCUT2D eigenvalue weighted by Gasteiger charge is 2.47. The first-order valence-corrected chi connectivity index (χ1v) is 13.6. The van der Waals surface area contributed by atoms with E-state index in [9.17, 15) is 13.2 Å². The maximum Gasteiger partial charge on any atom is 0.528 e. The molecule has 2 atom stereocenters. The summed E-state index contributed by atoms with van der Waals surface area (Å²) < 4.78 is 31.4. The van der Waals surface area contributed by atoms with Crippen LogP contribution >= 0.6 is 0 Å². The van der Waals surface area contributed by atoms with E-state index in [1.54, 1.807) is 41.5 Å². The Hall–Kier alpha value is -3.95. The minimum absolute atomic E-state index is 0.163. The highest BCUT2D eigenvalue weighted by atomic mass is 32.2. The van der Waals surface area contributed by atoms with E-state index in [1.165, 1.54) is 6.20 Å². The van der Waals surface area contributed by atoms with E-state index in [2.05, 4.69) is 9.88 Å². The van der Waals surface area contributed by atoms with E-state index >= 15 is 0 Å². The maximum absolute atomic E-state index is 13.1. The number of fused-ring (bicyclic) bond motifs is 2. The number of hydrogen-bond donors (Lipinski definition) is 0. The van der Waals surface area contributed by atoms with Crippen LogP contribution in [0.2, 0.25) is 0 Å². The van der Waals surface area contributed by atoms with Crippen LogP contribution in [0.4, 0.5) is 10.5 Å². The molecule has 3 aromatic carbocycles. The summed E-state index contributed by atoms with van der Waals surface area (Å²) in [5, 5.41) is 2.42. The minimum Gasteiger partial charge on any atom is -0.428 e. The predicted molar refractivity (Wildman–Crippen MR) is 138 cm³/mol. The van der Waals surface area contributed by atoms with Gasteiger partial charge in [0.15, 0.2) is 0 Å². The molecular formula is C28H25N3O5S. The van der Waals surface area contributed by atoms with Gasteiger partial charge in [-0.2, -0.15) is 0 Å². The van der Waals surface area contributed by atoms with Crippen molar-refractivity contribution in [2.75, 3.05) is 24.5 Å². The molecule has 0 amide bonds. The van der Waals surface area contributed by atoms with Crippen LogP contribution < -0.4 is 4.90 Å². The summed E-state index contributed by atoms with van der Waals surface area (Å²) in [6.07, 6.45) is 0.716. The molecule has 2 aliphatic heterocycles. The van der Waals surface area contributed by atoms with Gasteiger partial charge in [-0.1, -0.05) is 60.7 Å². The summed E-state index contributed by atoms with van der Waals surface area (Å²) in [5.74, 6) is 0.356. The molecule has 0 saturated carbocycles. The molecule has 0 spiro atoms. The molecule has 188 valence electrons. The van der Waals surface area contributed by atoms with Gasteiger partial charge in [-0.15, -0.1) is 5.06 Å². The molecule has 2 unspecified atom stereocenters. The number of nitrogens with zero attached hydrogens (tertiary/aromatic N) is 3. The number of carbonyl (C=O) groups is 1. The Labute approximate surface area is 214 Å². The van der Waals surface area contributed by atoms with E-state index < -0.39 is 16.0 Å². The Morgan fingerprint density at radius 1 is 0.892 bits per heavy atom. The first-order valence-electron chi connectivity index (χ1n) is 12.1. The van der Waals surface area contributed by atoms with Crippen molar-refractivity contribution in [3.05, 3.63) is 96.7 Å². The van der Waals surface area contributed by atoms with Crippen LogP contribution in [0.3, 0.4) is 0 Å². The molecule has 6 rings (SSSR count). The fourth-order valence-electron chi connectivity index (χ4n) is 5.04. The lowest BCUT2D eigenvalue weighted by atomic mass is 9.91. The van der Waals surface area contributed by atoms with Gasteiger partial charge in [-0.3, -0.25) is 4.98 Å². The van der Waals surface area contributed by atoms with Crippen LogP contribution in [0.15, 0.2) is 101 Å². The lowest BCUT2D eigenvalue weighted by Gasteiger charge is -2.45. The van der Waals surface area contributed by atoms with Gasteiger partial charge in [0.05, 0.1) is 33.6 Å². The SMILES string of the molecule is O=C(OCc1ccccc1)ON1CC2CN(c3cccc4cc(S(=O)(=O)c5ccccc5)cnc34)C2C1. The Morgan fingerprint density at radius 2 is 1.65 bits per heavy atom. The van der Waals surface area contributed by atoms with Gasteiger partial charge in [0.2, 0.25) is 9.84 Å². The monoisotopic (exact) mass is 515 g/mol. The molecule has 2 fully saturated rings. The Morgan fingerprint density at radius 3 is 2.43 bits per heavy atom. The maximum atomic E-state index is 13.1. The second-order valence-corrected chi connectivity index (χ2v) is 11.2. The van der Waals surface area contributed by atoms with E-state index in [4.69, 9.17) is 9.57 Å². The number of anilines is 1. The number of ether oxygens (including phenoxy) is 1. The Balaban J connectivity index is 1.14. The zero-order chi connectivity index (χ0) is 25.4. The van der Waals surface area contributed by atoms with Crippen LogP contribution in [-0.2, 0) is 26.0 Å². The van der Waals surface area contributed by atoms with Gasteiger partial charge < -0.3 is 14.5 Å². The number of aromatic nitrogens is 1. The number of sulfone groups is 1. The number of pyridine rings is 1. The standard InChI is InChI=1S/C28H25N3O5S/c32-28(35-19-20-8-3-1-4-9-20)36-30-16-22-17-31(26(22)18-30)25-13-7-10-21-14-24(15-29-27(21)25)37(33,34)23-11-5-2-6-12-23/h1-15,22,26H,16-19H2. The zero-order valence-corrected chi connectivity index (χ0v) is 20.8. The van der Waals surface area contributed by atoms with Gasteiger partial charge in [0.25, 0.3) is 0 Å². The summed E-state index contributed by atoms with van der Waals surface area (Å²) in [6, 6.07) is 25.5. The Kier molecular flexibility index (Phi) is 6.02. The van der Waals surface area contributed by atoms with Crippen LogP contribution in [-0.4, -0.2) is 50.3 Å². The molecule has 37 heavy (non-hydrogen) atoms. The van der Waals surface area contributed by atoms with Gasteiger partial charge in [-0.05, 0) is 29.8 Å². The quantitative estimate of drug-likeness (QED) is 0.348. The van der Waals surface area contributed by atoms with Crippen molar-refractivity contribution in [2.45, 2.75) is 22.4 Å². The third-order valence-electron chi connectivity index (χ3n) is 6.95. The first kappa shape index (κ1) is 23.4. The topological polar surface area (TPSA) is 89.0 Å². The number of benzene rings is 3. The van der Waals surface area contributed by atoms with Crippen LogP contribution in [0.25, 0.3) is 10.9 Å². The molecule has 0 aliphatic carbocycles. The largest absolute Gasteiger partial charge is 0.528 e. The normalized spacial score (nSPS) is 19.3. The van der Waals surface area contributed by atoms with E-state index in [-0.39, 0.29) is 22.4 Å². The van der Waals surface area contributed by atoms with E-state index in [0.29, 0.717) is 19.0 Å². The fraction of sp³-hybridized carbons (Fsp3) is 0.214. The van der Waals surface area contributed by atoms with Gasteiger partial charge >= 0.3 is 6.16 Å². The van der Waals surface area contributed by atoms with Gasteiger partial charge in [0.1, 0.15) is 6.61 Å². The number of hydrogen-bond acceptors (Lipinski definition) is 8. The lowest BCUT2D eigenvalue weighted by Crippen LogP contribution is -2.55. The van der Waals surface area contributed by atoms with E-state index in [1.807, 2.05) is 48.5 Å². The molecule has 3 heterocycles. The number of hydroxylamine groups is 2. The lowest BCUT2D eigenvalue weighted by molar-refractivity contribution is -0.115. The molecule has 0 N–H and O–H groups in total. The average molecular weight is 516 g/mol. The van der Waals surface area contributed by atoms with Crippen molar-refractivity contribution >= 4 is 32.6 Å². The molecule has 2 aliphatic rings. The minimum atomic E-state index is -3.65. The summed E-state index contributed by atoms with van der Waals surface area (Å²) in [5.41, 5.74) is 2.58. The molecule has 0 bridgehead atoms. The number of rotatable bonds is 6. The highest BCUT2D eigenvalue weighted by Crippen LogP contribution is 2.39. The summed E-state index contributed by atoms with van der Waals surface area (Å²) in [6.45, 7) is 2.16. The van der Waals surface area contributed by atoms with Gasteiger partial charge in [-0.25, -0.2) is 13.2 Å². The molecule has 1 aromatic heterocycles. The van der Waals surface area contributed by atoms with Crippen molar-refractivity contribution in [2.24, 2.45) is 5.92 Å². The van der Waals surface area contributed by atoms with Crippen molar-refractivity contribution < 1.29 is 22.8 Å². The smallest absolute Gasteiger partial charge is 0.428 e. The molecule has 2 saturated heterocycles. The fourth-order valence-corrected chi connectivity index (χ4v) is 6.30. The second kappa shape index (κ2) is 9.49. The van der Waals surface area contributed by atoms with Crippen LogP contribution in [0.5, 0.6) is 0 Å². The van der Waals surface area contributed by atoms with Crippen molar-refractivity contribution in [1.29, 1.82) is 0 Å². The van der Waals surface area contributed by atoms with Crippen LogP contribution in [0.1, 0.15) is 5.56 Å². The zero-order valence-electron chi connectivity index (χ0n) is 19.9. The average Bonchev–Trinajstić information content (AvgIpc) is 3.23. The number of para-hydroxylation sites is 1. The Bertz CT molecular complexity index is 1550. The van der Waals surface area contributed by atoms with Gasteiger partial charge in [0, 0.05) is 30.6 Å². The molecular weight excluding hydrogens is 490 g/mol. The molecule has 4 aromatic rings. The molecule has 0 radical (unpaired) electrons. The van der Waals surface area contributed by atoms with Crippen molar-refractivity contribution in [3.8, 4) is 0 Å². The second-order valence-electron chi connectivity index (χ2n) is 9.28. The highest BCUT2D eigenvalue weighted by molar-refractivity contribution is 7.91. The third kappa shape index (κ3) is 4.52. The van der Waals surface area contributed by atoms with Crippen molar-refractivity contribution in [1.82, 2.24) is 10.0 Å². The van der Waals surface area contributed by atoms with Crippen molar-refractivity contribution in [3.63, 3.8) is 0 Å². The summed E-state index contributed by atoms with van der Waals surface area (Å²) in [7, 11) is -3.65.